The lowest BCUT2D eigenvalue weighted by atomic mass is 10.2. The number of non-ortho nitro benzene ring substituents is 1. The SMILES string of the molecule is O=C(/C=C/c1cccc([N+](=O)[O-])c1)OCCCC(=O)c1cccs1. The Morgan fingerprint density at radius 1 is 1.25 bits per heavy atom. The number of nitrogens with zero attached hydrogens (tertiary/aromatic N) is 1. The molecular weight excluding hydrogens is 330 g/mol. The number of carbonyl (C=O) groups is 2. The van der Waals surface area contributed by atoms with Gasteiger partial charge < -0.3 is 4.74 Å². The third-order valence-corrected chi connectivity index (χ3v) is 3.99. The van der Waals surface area contributed by atoms with E-state index in [1.54, 1.807) is 18.2 Å². The second kappa shape index (κ2) is 8.73. The van der Waals surface area contributed by atoms with Crippen LogP contribution in [0, 0.1) is 10.1 Å². The largest absolute Gasteiger partial charge is 0.463 e. The predicted octanol–water partition coefficient (Wildman–Crippen LogP) is 3.88. The van der Waals surface area contributed by atoms with Crippen LogP contribution in [0.15, 0.2) is 47.9 Å². The van der Waals surface area contributed by atoms with Crippen LogP contribution in [0.5, 0.6) is 0 Å². The van der Waals surface area contributed by atoms with E-state index in [0.717, 1.165) is 0 Å². The van der Waals surface area contributed by atoms with Gasteiger partial charge in [-0.15, -0.1) is 11.3 Å². The van der Waals surface area contributed by atoms with Gasteiger partial charge in [-0.3, -0.25) is 14.9 Å². The first-order chi connectivity index (χ1) is 11.6. The third-order valence-electron chi connectivity index (χ3n) is 3.08. The Labute approximate surface area is 142 Å². The molecule has 0 saturated carbocycles. The summed E-state index contributed by atoms with van der Waals surface area (Å²) in [6, 6.07) is 9.51. The number of nitro groups is 1. The first kappa shape index (κ1) is 17.6. The Balaban J connectivity index is 1.74. The minimum absolute atomic E-state index is 0.0354. The van der Waals surface area contributed by atoms with Gasteiger partial charge in [0.25, 0.3) is 5.69 Å². The maximum absolute atomic E-state index is 11.7. The number of esters is 1. The van der Waals surface area contributed by atoms with Gasteiger partial charge in [0.05, 0.1) is 16.4 Å². The number of nitro benzene ring substituents is 1. The average molecular weight is 345 g/mol. The molecule has 124 valence electrons. The van der Waals surface area contributed by atoms with Crippen molar-refractivity contribution in [2.45, 2.75) is 12.8 Å². The van der Waals surface area contributed by atoms with Crippen molar-refractivity contribution >= 4 is 34.9 Å². The maximum atomic E-state index is 11.7. The molecule has 6 nitrogen and oxygen atoms in total. The maximum Gasteiger partial charge on any atom is 0.330 e. The van der Waals surface area contributed by atoms with E-state index < -0.39 is 10.9 Å². The molecule has 2 rings (SSSR count). The Morgan fingerprint density at radius 2 is 2.08 bits per heavy atom. The van der Waals surface area contributed by atoms with Crippen molar-refractivity contribution in [2.75, 3.05) is 6.61 Å². The lowest BCUT2D eigenvalue weighted by Crippen LogP contribution is -2.05. The van der Waals surface area contributed by atoms with Gasteiger partial charge in [0.1, 0.15) is 0 Å². The summed E-state index contributed by atoms with van der Waals surface area (Å²) in [5, 5.41) is 12.5. The van der Waals surface area contributed by atoms with Crippen LogP contribution in [0.4, 0.5) is 5.69 Å². The number of ether oxygens (including phenoxy) is 1. The minimum atomic E-state index is -0.551. The molecule has 0 unspecified atom stereocenters. The first-order valence-corrected chi connectivity index (χ1v) is 8.10. The number of hydrogen-bond acceptors (Lipinski definition) is 6. The van der Waals surface area contributed by atoms with Crippen LogP contribution < -0.4 is 0 Å². The van der Waals surface area contributed by atoms with Crippen molar-refractivity contribution < 1.29 is 19.2 Å². The second-order valence-electron chi connectivity index (χ2n) is 4.86. The summed E-state index contributed by atoms with van der Waals surface area (Å²) in [5.74, 6) is -0.515. The number of carbonyl (C=O) groups excluding carboxylic acids is 2. The number of hydrogen-bond donors (Lipinski definition) is 0. The van der Waals surface area contributed by atoms with E-state index in [2.05, 4.69) is 0 Å². The average Bonchev–Trinajstić information content (AvgIpc) is 3.11. The number of rotatable bonds is 8. The van der Waals surface area contributed by atoms with Gasteiger partial charge in [-0.1, -0.05) is 18.2 Å². The fourth-order valence-corrected chi connectivity index (χ4v) is 2.61. The summed E-state index contributed by atoms with van der Waals surface area (Å²) < 4.78 is 5.00. The fourth-order valence-electron chi connectivity index (χ4n) is 1.92. The molecule has 2 aromatic rings. The molecule has 24 heavy (non-hydrogen) atoms. The van der Waals surface area contributed by atoms with E-state index in [1.165, 1.54) is 35.6 Å². The first-order valence-electron chi connectivity index (χ1n) is 7.22. The van der Waals surface area contributed by atoms with E-state index in [0.29, 0.717) is 23.3 Å². The van der Waals surface area contributed by atoms with Gasteiger partial charge in [-0.2, -0.15) is 0 Å². The highest BCUT2D eigenvalue weighted by molar-refractivity contribution is 7.12. The summed E-state index contributed by atoms with van der Waals surface area (Å²) in [6.07, 6.45) is 3.43. The number of ketones is 1. The van der Waals surface area contributed by atoms with Gasteiger partial charge in [-0.25, -0.2) is 4.79 Å². The van der Waals surface area contributed by atoms with Gasteiger partial charge >= 0.3 is 5.97 Å². The molecule has 0 saturated heterocycles. The summed E-state index contributed by atoms with van der Waals surface area (Å²) in [4.78, 5) is 34.2. The summed E-state index contributed by atoms with van der Waals surface area (Å²) in [5.41, 5.74) is 0.492. The molecule has 0 atom stereocenters. The van der Waals surface area contributed by atoms with Crippen LogP contribution in [0.25, 0.3) is 6.08 Å². The van der Waals surface area contributed by atoms with Gasteiger partial charge in [0, 0.05) is 24.6 Å². The smallest absolute Gasteiger partial charge is 0.330 e. The van der Waals surface area contributed by atoms with E-state index in [4.69, 9.17) is 4.74 Å². The highest BCUT2D eigenvalue weighted by Crippen LogP contribution is 2.14. The number of benzene rings is 1. The molecule has 0 aliphatic heterocycles. The highest BCUT2D eigenvalue weighted by Gasteiger charge is 2.07. The van der Waals surface area contributed by atoms with Crippen molar-refractivity contribution in [1.82, 2.24) is 0 Å². The Kier molecular flexibility index (Phi) is 6.39. The van der Waals surface area contributed by atoms with E-state index in [9.17, 15) is 19.7 Å². The van der Waals surface area contributed by atoms with Gasteiger partial charge in [0.15, 0.2) is 5.78 Å². The monoisotopic (exact) mass is 345 g/mol. The Morgan fingerprint density at radius 3 is 2.79 bits per heavy atom. The lowest BCUT2D eigenvalue weighted by Gasteiger charge is -2.01. The topological polar surface area (TPSA) is 86.5 Å². The van der Waals surface area contributed by atoms with Gasteiger partial charge in [0.2, 0.25) is 0 Å². The minimum Gasteiger partial charge on any atom is -0.463 e. The summed E-state index contributed by atoms with van der Waals surface area (Å²) >= 11 is 1.39. The van der Waals surface area contributed by atoms with Crippen molar-refractivity contribution in [1.29, 1.82) is 0 Å². The zero-order chi connectivity index (χ0) is 17.4. The van der Waals surface area contributed by atoms with E-state index in [-0.39, 0.29) is 18.1 Å². The van der Waals surface area contributed by atoms with Crippen LogP contribution in [0.1, 0.15) is 28.1 Å². The second-order valence-corrected chi connectivity index (χ2v) is 5.80. The molecule has 1 aromatic heterocycles. The third kappa shape index (κ3) is 5.44. The number of Topliss-reactive ketones (excluding diaryl/α,β-unsaturated/α-hetero) is 1. The predicted molar refractivity (Wildman–Crippen MR) is 91.0 cm³/mol. The summed E-state index contributed by atoms with van der Waals surface area (Å²) in [6.45, 7) is 0.148. The zero-order valence-electron chi connectivity index (χ0n) is 12.7. The van der Waals surface area contributed by atoms with Crippen LogP contribution >= 0.6 is 11.3 Å². The lowest BCUT2D eigenvalue weighted by molar-refractivity contribution is -0.384. The molecule has 1 aromatic carbocycles. The normalized spacial score (nSPS) is 10.7. The Hall–Kier alpha value is -2.80. The van der Waals surface area contributed by atoms with Crippen LogP contribution in [0.3, 0.4) is 0 Å². The van der Waals surface area contributed by atoms with Gasteiger partial charge in [-0.05, 0) is 29.5 Å². The molecule has 7 heteroatoms. The summed E-state index contributed by atoms with van der Waals surface area (Å²) in [7, 11) is 0. The van der Waals surface area contributed by atoms with Crippen LogP contribution in [0.2, 0.25) is 0 Å². The van der Waals surface area contributed by atoms with Crippen LogP contribution in [-0.4, -0.2) is 23.3 Å². The molecular formula is C17H15NO5S. The fraction of sp³-hybridized carbons (Fsp3) is 0.176. The highest BCUT2D eigenvalue weighted by atomic mass is 32.1. The molecule has 1 heterocycles. The molecule has 0 N–H and O–H groups in total. The zero-order valence-corrected chi connectivity index (χ0v) is 13.5. The molecule has 0 fully saturated rings. The Bertz CT molecular complexity index is 752. The molecule has 0 amide bonds. The molecule has 0 bridgehead atoms. The molecule has 0 spiro atoms. The number of thiophene rings is 1. The van der Waals surface area contributed by atoms with Crippen molar-refractivity contribution in [3.05, 3.63) is 68.4 Å². The van der Waals surface area contributed by atoms with E-state index >= 15 is 0 Å². The molecule has 0 aliphatic carbocycles. The van der Waals surface area contributed by atoms with Crippen molar-refractivity contribution in [3.63, 3.8) is 0 Å². The van der Waals surface area contributed by atoms with Crippen molar-refractivity contribution in [2.24, 2.45) is 0 Å². The molecule has 0 radical (unpaired) electrons. The standard InChI is InChI=1S/C17H15NO5S/c19-15(16-7-3-11-24-16)6-2-10-23-17(20)9-8-13-4-1-5-14(12-13)18(21)22/h1,3-5,7-9,11-12H,2,6,10H2/b9-8+. The van der Waals surface area contributed by atoms with E-state index in [1.807, 2.05) is 11.4 Å². The quantitative estimate of drug-likeness (QED) is 0.181. The molecule has 0 aliphatic rings. The van der Waals surface area contributed by atoms with Crippen LogP contribution in [-0.2, 0) is 9.53 Å². The van der Waals surface area contributed by atoms with Crippen molar-refractivity contribution in [3.8, 4) is 0 Å².